The van der Waals surface area contributed by atoms with Crippen LogP contribution in [0.15, 0.2) is 18.2 Å². The van der Waals surface area contributed by atoms with Crippen molar-refractivity contribution in [3.63, 3.8) is 0 Å². The molecule has 0 aliphatic rings. The SMILES string of the molecule is COc1ccc(C(C)C)cc1C(=O)C(C)C(=O)O. The van der Waals surface area contributed by atoms with Gasteiger partial charge in [-0.05, 0) is 30.5 Å². The van der Waals surface area contributed by atoms with Crippen molar-refractivity contribution in [2.45, 2.75) is 26.7 Å². The van der Waals surface area contributed by atoms with E-state index in [0.717, 1.165) is 5.56 Å². The summed E-state index contributed by atoms with van der Waals surface area (Å²) in [6.45, 7) is 5.40. The number of rotatable bonds is 5. The normalized spacial score (nSPS) is 12.3. The molecule has 0 radical (unpaired) electrons. The van der Waals surface area contributed by atoms with Crippen LogP contribution in [0.4, 0.5) is 0 Å². The Balaban J connectivity index is 3.23. The van der Waals surface area contributed by atoms with Crippen molar-refractivity contribution in [1.29, 1.82) is 0 Å². The molecule has 18 heavy (non-hydrogen) atoms. The quantitative estimate of drug-likeness (QED) is 0.644. The second-order valence-corrected chi connectivity index (χ2v) is 4.54. The minimum atomic E-state index is -1.13. The van der Waals surface area contributed by atoms with E-state index in [-0.39, 0.29) is 5.92 Å². The maximum Gasteiger partial charge on any atom is 0.314 e. The summed E-state index contributed by atoms with van der Waals surface area (Å²) in [4.78, 5) is 23.0. The lowest BCUT2D eigenvalue weighted by atomic mass is 9.94. The van der Waals surface area contributed by atoms with Gasteiger partial charge in [0.1, 0.15) is 11.7 Å². The second kappa shape index (κ2) is 5.67. The number of Topliss-reactive ketones (excluding diaryl/α,β-unsaturated/α-hetero) is 1. The molecule has 1 N–H and O–H groups in total. The number of benzene rings is 1. The highest BCUT2D eigenvalue weighted by Crippen LogP contribution is 2.26. The Hall–Kier alpha value is -1.84. The fourth-order valence-electron chi connectivity index (χ4n) is 1.62. The van der Waals surface area contributed by atoms with Crippen LogP contribution in [0, 0.1) is 5.92 Å². The third-order valence-electron chi connectivity index (χ3n) is 2.92. The molecule has 98 valence electrons. The molecule has 0 spiro atoms. The highest BCUT2D eigenvalue weighted by molar-refractivity contribution is 6.09. The highest BCUT2D eigenvalue weighted by Gasteiger charge is 2.25. The van der Waals surface area contributed by atoms with Gasteiger partial charge in [-0.15, -0.1) is 0 Å². The average Bonchev–Trinajstić information content (AvgIpc) is 2.35. The van der Waals surface area contributed by atoms with Crippen molar-refractivity contribution in [2.75, 3.05) is 7.11 Å². The number of aliphatic carboxylic acids is 1. The van der Waals surface area contributed by atoms with Crippen molar-refractivity contribution < 1.29 is 19.4 Å². The Bertz CT molecular complexity index is 463. The zero-order valence-corrected chi connectivity index (χ0v) is 11.1. The van der Waals surface area contributed by atoms with Gasteiger partial charge in [-0.1, -0.05) is 19.9 Å². The lowest BCUT2D eigenvalue weighted by Crippen LogP contribution is -2.21. The molecule has 0 fully saturated rings. The lowest BCUT2D eigenvalue weighted by Gasteiger charge is -2.13. The third kappa shape index (κ3) is 2.88. The number of carboxylic acid groups (broad SMARTS) is 1. The Morgan fingerprint density at radius 1 is 1.22 bits per heavy atom. The van der Waals surface area contributed by atoms with E-state index in [4.69, 9.17) is 9.84 Å². The first kappa shape index (κ1) is 14.2. The van der Waals surface area contributed by atoms with Gasteiger partial charge in [0, 0.05) is 0 Å². The fourth-order valence-corrected chi connectivity index (χ4v) is 1.62. The predicted octanol–water partition coefficient (Wildman–Crippen LogP) is 2.72. The Labute approximate surface area is 107 Å². The fraction of sp³-hybridized carbons (Fsp3) is 0.429. The number of ether oxygens (including phenoxy) is 1. The van der Waals surface area contributed by atoms with Gasteiger partial charge >= 0.3 is 5.97 Å². The predicted molar refractivity (Wildman–Crippen MR) is 68.2 cm³/mol. The molecule has 1 atom stereocenters. The van der Waals surface area contributed by atoms with E-state index in [9.17, 15) is 9.59 Å². The van der Waals surface area contributed by atoms with Crippen molar-refractivity contribution in [2.24, 2.45) is 5.92 Å². The highest BCUT2D eigenvalue weighted by atomic mass is 16.5. The zero-order chi connectivity index (χ0) is 13.9. The third-order valence-corrected chi connectivity index (χ3v) is 2.92. The molecule has 1 aromatic carbocycles. The van der Waals surface area contributed by atoms with Crippen LogP contribution in [-0.2, 0) is 4.79 Å². The van der Waals surface area contributed by atoms with Gasteiger partial charge < -0.3 is 9.84 Å². The number of carbonyl (C=O) groups is 2. The largest absolute Gasteiger partial charge is 0.496 e. The number of hydrogen-bond acceptors (Lipinski definition) is 3. The molecule has 4 nitrogen and oxygen atoms in total. The van der Waals surface area contributed by atoms with Crippen LogP contribution in [-0.4, -0.2) is 24.0 Å². The molecule has 1 aromatic rings. The summed E-state index contributed by atoms with van der Waals surface area (Å²) in [5, 5.41) is 8.89. The van der Waals surface area contributed by atoms with Crippen LogP contribution in [0.2, 0.25) is 0 Å². The van der Waals surface area contributed by atoms with E-state index in [1.165, 1.54) is 14.0 Å². The number of carboxylic acids is 1. The van der Waals surface area contributed by atoms with Gasteiger partial charge in [0.15, 0.2) is 5.78 Å². The summed E-state index contributed by atoms with van der Waals surface area (Å²) in [5.74, 6) is -1.94. The molecule has 0 saturated heterocycles. The molecule has 1 unspecified atom stereocenters. The first-order chi connectivity index (χ1) is 8.38. The van der Waals surface area contributed by atoms with Crippen molar-refractivity contribution in [3.8, 4) is 5.75 Å². The van der Waals surface area contributed by atoms with Gasteiger partial charge in [-0.25, -0.2) is 0 Å². The summed E-state index contributed by atoms with van der Waals surface area (Å²) in [6.07, 6.45) is 0. The maximum absolute atomic E-state index is 12.1. The van der Waals surface area contributed by atoms with Gasteiger partial charge in [0.25, 0.3) is 0 Å². The second-order valence-electron chi connectivity index (χ2n) is 4.54. The number of ketones is 1. The Morgan fingerprint density at radius 3 is 2.28 bits per heavy atom. The first-order valence-electron chi connectivity index (χ1n) is 5.83. The van der Waals surface area contributed by atoms with Crippen molar-refractivity contribution in [3.05, 3.63) is 29.3 Å². The van der Waals surface area contributed by atoms with Crippen LogP contribution >= 0.6 is 0 Å². The minimum Gasteiger partial charge on any atom is -0.496 e. The number of methoxy groups -OCH3 is 1. The summed E-state index contributed by atoms with van der Waals surface area (Å²) in [7, 11) is 1.46. The number of carbonyl (C=O) groups excluding carboxylic acids is 1. The van der Waals surface area contributed by atoms with Crippen LogP contribution in [0.25, 0.3) is 0 Å². The maximum atomic E-state index is 12.1. The Morgan fingerprint density at radius 2 is 1.83 bits per heavy atom. The standard InChI is InChI=1S/C14H18O4/c1-8(2)10-5-6-12(18-4)11(7-10)13(15)9(3)14(16)17/h5-9H,1-4H3,(H,16,17). The lowest BCUT2D eigenvalue weighted by molar-refractivity contribution is -0.139. The molecular weight excluding hydrogens is 232 g/mol. The van der Waals surface area contributed by atoms with Gasteiger partial charge in [-0.2, -0.15) is 0 Å². The Kier molecular flexibility index (Phi) is 4.48. The average molecular weight is 250 g/mol. The first-order valence-corrected chi connectivity index (χ1v) is 5.83. The molecule has 0 heterocycles. The summed E-state index contributed by atoms with van der Waals surface area (Å²) < 4.78 is 5.12. The topological polar surface area (TPSA) is 63.6 Å². The summed E-state index contributed by atoms with van der Waals surface area (Å²) >= 11 is 0. The van der Waals surface area contributed by atoms with Crippen LogP contribution in [0.3, 0.4) is 0 Å². The molecule has 0 saturated carbocycles. The molecule has 0 aromatic heterocycles. The molecule has 1 rings (SSSR count). The van der Waals surface area contributed by atoms with E-state index >= 15 is 0 Å². The van der Waals surface area contributed by atoms with Crippen molar-refractivity contribution in [1.82, 2.24) is 0 Å². The minimum absolute atomic E-state index is 0.266. The molecular formula is C14H18O4. The van der Waals surface area contributed by atoms with Gasteiger partial charge in [-0.3, -0.25) is 9.59 Å². The van der Waals surface area contributed by atoms with E-state index in [1.807, 2.05) is 19.9 Å². The van der Waals surface area contributed by atoms with Crippen molar-refractivity contribution >= 4 is 11.8 Å². The summed E-state index contributed by atoms with van der Waals surface area (Å²) in [6, 6.07) is 5.30. The van der Waals surface area contributed by atoms with Gasteiger partial charge in [0.2, 0.25) is 0 Å². The van der Waals surface area contributed by atoms with Gasteiger partial charge in [0.05, 0.1) is 12.7 Å². The van der Waals surface area contributed by atoms with E-state index in [0.29, 0.717) is 11.3 Å². The molecule has 4 heteroatoms. The van der Waals surface area contributed by atoms with Crippen LogP contribution < -0.4 is 4.74 Å². The van der Waals surface area contributed by atoms with Crippen LogP contribution in [0.5, 0.6) is 5.75 Å². The zero-order valence-electron chi connectivity index (χ0n) is 11.1. The molecule has 0 aliphatic heterocycles. The summed E-state index contributed by atoms with van der Waals surface area (Å²) in [5.41, 5.74) is 1.32. The molecule has 0 bridgehead atoms. The molecule has 0 aliphatic carbocycles. The smallest absolute Gasteiger partial charge is 0.314 e. The van der Waals surface area contributed by atoms with E-state index < -0.39 is 17.7 Å². The molecule has 0 amide bonds. The number of hydrogen-bond donors (Lipinski definition) is 1. The van der Waals surface area contributed by atoms with E-state index in [2.05, 4.69) is 0 Å². The monoisotopic (exact) mass is 250 g/mol. The van der Waals surface area contributed by atoms with Crippen LogP contribution in [0.1, 0.15) is 42.6 Å². The van der Waals surface area contributed by atoms with E-state index in [1.54, 1.807) is 12.1 Å².